The molecule has 2 atom stereocenters. The fourth-order valence-electron chi connectivity index (χ4n) is 2.49. The van der Waals surface area contributed by atoms with Gasteiger partial charge in [0.15, 0.2) is 0 Å². The van der Waals surface area contributed by atoms with Gasteiger partial charge in [-0.1, -0.05) is 13.8 Å². The van der Waals surface area contributed by atoms with Gasteiger partial charge >= 0.3 is 0 Å². The molecular weight excluding hydrogens is 242 g/mol. The predicted octanol–water partition coefficient (Wildman–Crippen LogP) is 0.653. The molecule has 3 N–H and O–H groups in total. The molecule has 19 heavy (non-hydrogen) atoms. The van der Waals surface area contributed by atoms with E-state index in [4.69, 9.17) is 0 Å². The van der Waals surface area contributed by atoms with Gasteiger partial charge in [0, 0.05) is 13.5 Å². The van der Waals surface area contributed by atoms with E-state index in [0.717, 1.165) is 25.9 Å². The van der Waals surface area contributed by atoms with E-state index in [2.05, 4.69) is 16.0 Å². The molecule has 1 rings (SSSR count). The summed E-state index contributed by atoms with van der Waals surface area (Å²) in [6, 6.07) is -0.408. The number of piperidine rings is 1. The van der Waals surface area contributed by atoms with Gasteiger partial charge in [-0.15, -0.1) is 0 Å². The van der Waals surface area contributed by atoms with Crippen LogP contribution in [0.1, 0.15) is 39.5 Å². The number of likely N-dealkylation sites (N-methyl/N-ethyl adjacent to an activating group) is 1. The summed E-state index contributed by atoms with van der Waals surface area (Å²) in [5.74, 6) is 0.656. The molecule has 110 valence electrons. The number of carbonyl (C=O) groups is 2. The highest BCUT2D eigenvalue weighted by Crippen LogP contribution is 2.14. The average molecular weight is 269 g/mol. The summed E-state index contributed by atoms with van der Waals surface area (Å²) in [5, 5.41) is 8.78. The van der Waals surface area contributed by atoms with Gasteiger partial charge in [-0.3, -0.25) is 9.59 Å². The van der Waals surface area contributed by atoms with Crippen molar-refractivity contribution in [2.75, 3.05) is 20.1 Å². The predicted molar refractivity (Wildman–Crippen MR) is 75.7 cm³/mol. The molecule has 2 unspecified atom stereocenters. The molecule has 1 saturated heterocycles. The maximum Gasteiger partial charge on any atom is 0.242 e. The van der Waals surface area contributed by atoms with Gasteiger partial charge in [0.05, 0.1) is 0 Å². The van der Waals surface area contributed by atoms with Crippen molar-refractivity contribution in [2.24, 2.45) is 11.8 Å². The van der Waals surface area contributed by atoms with Crippen molar-refractivity contribution in [3.8, 4) is 0 Å². The first-order chi connectivity index (χ1) is 9.02. The van der Waals surface area contributed by atoms with E-state index in [1.807, 2.05) is 13.8 Å². The summed E-state index contributed by atoms with van der Waals surface area (Å²) in [7, 11) is 1.60. The Labute approximate surface area is 115 Å². The maximum absolute atomic E-state index is 12.0. The van der Waals surface area contributed by atoms with Crippen molar-refractivity contribution in [2.45, 2.75) is 45.6 Å². The summed E-state index contributed by atoms with van der Waals surface area (Å²) < 4.78 is 0. The molecule has 0 aliphatic carbocycles. The SMILES string of the molecule is CNC(=O)C(CC(C)C)NC(=O)CC1CCCNC1. The quantitative estimate of drug-likeness (QED) is 0.663. The Morgan fingerprint density at radius 2 is 2.11 bits per heavy atom. The number of carbonyl (C=O) groups excluding carboxylic acids is 2. The fraction of sp³-hybridized carbons (Fsp3) is 0.857. The van der Waals surface area contributed by atoms with Crippen LogP contribution in [0.2, 0.25) is 0 Å². The van der Waals surface area contributed by atoms with Gasteiger partial charge < -0.3 is 16.0 Å². The van der Waals surface area contributed by atoms with Crippen molar-refractivity contribution < 1.29 is 9.59 Å². The van der Waals surface area contributed by atoms with Crippen molar-refractivity contribution in [1.82, 2.24) is 16.0 Å². The molecule has 0 spiro atoms. The lowest BCUT2D eigenvalue weighted by molar-refractivity contribution is -0.129. The monoisotopic (exact) mass is 269 g/mol. The molecule has 5 heteroatoms. The standard InChI is InChI=1S/C14H27N3O2/c1-10(2)7-12(14(19)15-3)17-13(18)8-11-5-4-6-16-9-11/h10-12,16H,4-9H2,1-3H3,(H,15,19)(H,17,18). The molecule has 0 radical (unpaired) electrons. The first kappa shape index (κ1) is 16.0. The topological polar surface area (TPSA) is 70.2 Å². The molecule has 0 saturated carbocycles. The van der Waals surface area contributed by atoms with E-state index in [1.165, 1.54) is 0 Å². The third kappa shape index (κ3) is 6.05. The number of hydrogen-bond donors (Lipinski definition) is 3. The smallest absolute Gasteiger partial charge is 0.242 e. The van der Waals surface area contributed by atoms with Gasteiger partial charge in [-0.25, -0.2) is 0 Å². The first-order valence-corrected chi connectivity index (χ1v) is 7.24. The van der Waals surface area contributed by atoms with Crippen LogP contribution in [0.5, 0.6) is 0 Å². The maximum atomic E-state index is 12.0. The zero-order valence-electron chi connectivity index (χ0n) is 12.3. The van der Waals surface area contributed by atoms with E-state index < -0.39 is 6.04 Å². The van der Waals surface area contributed by atoms with Crippen LogP contribution in [0.25, 0.3) is 0 Å². The van der Waals surface area contributed by atoms with Gasteiger partial charge in [0.25, 0.3) is 0 Å². The molecular formula is C14H27N3O2. The Morgan fingerprint density at radius 1 is 1.37 bits per heavy atom. The van der Waals surface area contributed by atoms with Crippen molar-refractivity contribution in [3.05, 3.63) is 0 Å². The van der Waals surface area contributed by atoms with Crippen molar-refractivity contribution in [1.29, 1.82) is 0 Å². The minimum atomic E-state index is -0.408. The molecule has 0 aromatic carbocycles. The zero-order valence-corrected chi connectivity index (χ0v) is 12.3. The third-order valence-corrected chi connectivity index (χ3v) is 3.48. The van der Waals surface area contributed by atoms with E-state index in [0.29, 0.717) is 24.7 Å². The highest BCUT2D eigenvalue weighted by molar-refractivity contribution is 5.87. The Bertz CT molecular complexity index is 299. The Morgan fingerprint density at radius 3 is 2.63 bits per heavy atom. The zero-order chi connectivity index (χ0) is 14.3. The van der Waals surface area contributed by atoms with Crippen LogP contribution in [0, 0.1) is 11.8 Å². The molecule has 1 aliphatic heterocycles. The summed E-state index contributed by atoms with van der Waals surface area (Å²) in [6.07, 6.45) is 3.41. The second kappa shape index (κ2) is 8.15. The summed E-state index contributed by atoms with van der Waals surface area (Å²) >= 11 is 0. The molecule has 1 aliphatic rings. The van der Waals surface area contributed by atoms with Crippen LogP contribution in [0.4, 0.5) is 0 Å². The van der Waals surface area contributed by atoms with E-state index in [-0.39, 0.29) is 11.8 Å². The van der Waals surface area contributed by atoms with Gasteiger partial charge in [0.2, 0.25) is 11.8 Å². The van der Waals surface area contributed by atoms with Crippen LogP contribution < -0.4 is 16.0 Å². The van der Waals surface area contributed by atoms with Crippen LogP contribution >= 0.6 is 0 Å². The number of nitrogens with one attached hydrogen (secondary N) is 3. The highest BCUT2D eigenvalue weighted by Gasteiger charge is 2.23. The third-order valence-electron chi connectivity index (χ3n) is 3.48. The van der Waals surface area contributed by atoms with E-state index in [9.17, 15) is 9.59 Å². The van der Waals surface area contributed by atoms with Crippen LogP contribution in [-0.4, -0.2) is 38.0 Å². The number of rotatable bonds is 6. The minimum Gasteiger partial charge on any atom is -0.357 e. The molecule has 0 bridgehead atoms. The van der Waals surface area contributed by atoms with E-state index >= 15 is 0 Å². The molecule has 1 fully saturated rings. The number of amides is 2. The Hall–Kier alpha value is -1.10. The molecule has 5 nitrogen and oxygen atoms in total. The van der Waals surface area contributed by atoms with Crippen LogP contribution in [-0.2, 0) is 9.59 Å². The summed E-state index contributed by atoms with van der Waals surface area (Å²) in [6.45, 7) is 6.05. The second-order valence-corrected chi connectivity index (χ2v) is 5.78. The van der Waals surface area contributed by atoms with Crippen LogP contribution in [0.3, 0.4) is 0 Å². The first-order valence-electron chi connectivity index (χ1n) is 7.24. The summed E-state index contributed by atoms with van der Waals surface area (Å²) in [5.41, 5.74) is 0. The lowest BCUT2D eigenvalue weighted by Gasteiger charge is -2.24. The lowest BCUT2D eigenvalue weighted by atomic mass is 9.95. The second-order valence-electron chi connectivity index (χ2n) is 5.78. The molecule has 1 heterocycles. The molecule has 2 amide bonds. The van der Waals surface area contributed by atoms with Gasteiger partial charge in [-0.2, -0.15) is 0 Å². The molecule has 0 aromatic heterocycles. The van der Waals surface area contributed by atoms with Crippen molar-refractivity contribution in [3.63, 3.8) is 0 Å². The van der Waals surface area contributed by atoms with Gasteiger partial charge in [-0.05, 0) is 44.2 Å². The van der Waals surface area contributed by atoms with Crippen LogP contribution in [0.15, 0.2) is 0 Å². The largest absolute Gasteiger partial charge is 0.357 e. The Balaban J connectivity index is 2.43. The number of hydrogen-bond acceptors (Lipinski definition) is 3. The lowest BCUT2D eigenvalue weighted by Crippen LogP contribution is -2.47. The summed E-state index contributed by atoms with van der Waals surface area (Å²) in [4.78, 5) is 23.7. The highest BCUT2D eigenvalue weighted by atomic mass is 16.2. The average Bonchev–Trinajstić information content (AvgIpc) is 2.37. The molecule has 0 aromatic rings. The Kier molecular flexibility index (Phi) is 6.84. The van der Waals surface area contributed by atoms with Gasteiger partial charge in [0.1, 0.15) is 6.04 Å². The normalized spacial score (nSPS) is 20.9. The van der Waals surface area contributed by atoms with E-state index in [1.54, 1.807) is 7.05 Å². The fourth-order valence-corrected chi connectivity index (χ4v) is 2.49. The van der Waals surface area contributed by atoms with Crippen molar-refractivity contribution >= 4 is 11.8 Å². The minimum absolute atomic E-state index is 0.0112.